The highest BCUT2D eigenvalue weighted by Crippen LogP contribution is 2.05. The number of aromatic amines is 1. The number of hydrogen-bond donors (Lipinski definition) is 4. The fourth-order valence-electron chi connectivity index (χ4n) is 0.999. The standard InChI is InChI=1S/C5H7N7O/c6-4-9-1-2(10-4)11-5(7)12(8)3(1)13/h8H2,(H2,7,11)(H3,6,9,10). The van der Waals surface area contributed by atoms with Gasteiger partial charge in [0.2, 0.25) is 5.95 Å². The van der Waals surface area contributed by atoms with Gasteiger partial charge in [0.1, 0.15) is 0 Å². The summed E-state index contributed by atoms with van der Waals surface area (Å²) in [5, 5.41) is 0. The van der Waals surface area contributed by atoms with Crippen LogP contribution in [0.25, 0.3) is 11.2 Å². The maximum absolute atomic E-state index is 11.4. The highest BCUT2D eigenvalue weighted by molar-refractivity contribution is 5.72. The number of hydrogen-bond acceptors (Lipinski definition) is 6. The summed E-state index contributed by atoms with van der Waals surface area (Å²) >= 11 is 0. The molecule has 0 atom stereocenters. The van der Waals surface area contributed by atoms with E-state index in [1.54, 1.807) is 0 Å². The van der Waals surface area contributed by atoms with Gasteiger partial charge in [0, 0.05) is 0 Å². The third kappa shape index (κ3) is 0.883. The molecule has 7 N–H and O–H groups in total. The monoisotopic (exact) mass is 181 g/mol. The van der Waals surface area contributed by atoms with Gasteiger partial charge in [-0.25, -0.2) is 0 Å². The van der Waals surface area contributed by atoms with E-state index in [9.17, 15) is 4.79 Å². The highest BCUT2D eigenvalue weighted by atomic mass is 16.1. The average Bonchev–Trinajstić information content (AvgIpc) is 2.42. The van der Waals surface area contributed by atoms with Crippen molar-refractivity contribution in [1.82, 2.24) is 19.6 Å². The number of H-pyrrole nitrogens is 1. The van der Waals surface area contributed by atoms with Crippen LogP contribution in [0.2, 0.25) is 0 Å². The van der Waals surface area contributed by atoms with E-state index in [2.05, 4.69) is 15.0 Å². The average molecular weight is 181 g/mol. The summed E-state index contributed by atoms with van der Waals surface area (Å²) in [6.45, 7) is 0. The fourth-order valence-corrected chi connectivity index (χ4v) is 0.999. The van der Waals surface area contributed by atoms with Gasteiger partial charge in [0.15, 0.2) is 17.1 Å². The van der Waals surface area contributed by atoms with Gasteiger partial charge in [0.05, 0.1) is 0 Å². The van der Waals surface area contributed by atoms with Crippen LogP contribution in [-0.2, 0) is 0 Å². The number of nitrogen functional groups attached to an aromatic ring is 3. The van der Waals surface area contributed by atoms with Crippen LogP contribution in [0.4, 0.5) is 11.9 Å². The predicted octanol–water partition coefficient (Wildman–Crippen LogP) is -2.00. The lowest BCUT2D eigenvalue weighted by Gasteiger charge is -1.99. The summed E-state index contributed by atoms with van der Waals surface area (Å²) in [6, 6.07) is 0. The van der Waals surface area contributed by atoms with E-state index in [1.165, 1.54) is 0 Å². The first-order valence-corrected chi connectivity index (χ1v) is 3.38. The minimum atomic E-state index is -0.508. The molecule has 68 valence electrons. The molecule has 8 nitrogen and oxygen atoms in total. The molecule has 0 amide bonds. The van der Waals surface area contributed by atoms with Crippen molar-refractivity contribution in [3.63, 3.8) is 0 Å². The lowest BCUT2D eigenvalue weighted by atomic mass is 10.5. The first kappa shape index (κ1) is 7.40. The normalized spacial score (nSPS) is 10.8. The van der Waals surface area contributed by atoms with Crippen molar-refractivity contribution in [3.05, 3.63) is 10.4 Å². The van der Waals surface area contributed by atoms with E-state index >= 15 is 0 Å². The Kier molecular flexibility index (Phi) is 1.21. The van der Waals surface area contributed by atoms with Crippen molar-refractivity contribution in [3.8, 4) is 0 Å². The molecule has 0 aliphatic rings. The lowest BCUT2D eigenvalue weighted by molar-refractivity contribution is 0.928. The first-order chi connectivity index (χ1) is 6.09. The number of anilines is 2. The molecule has 2 heterocycles. The summed E-state index contributed by atoms with van der Waals surface area (Å²) in [5.41, 5.74) is 10.5. The molecule has 2 aromatic heterocycles. The van der Waals surface area contributed by atoms with E-state index in [1.807, 2.05) is 0 Å². The van der Waals surface area contributed by atoms with Crippen molar-refractivity contribution in [2.45, 2.75) is 0 Å². The third-order valence-corrected chi connectivity index (χ3v) is 1.60. The Bertz CT molecular complexity index is 523. The van der Waals surface area contributed by atoms with Gasteiger partial charge in [-0.2, -0.15) is 14.6 Å². The molecule has 0 aliphatic heterocycles. The van der Waals surface area contributed by atoms with Gasteiger partial charge in [0.25, 0.3) is 5.56 Å². The summed E-state index contributed by atoms with van der Waals surface area (Å²) in [4.78, 5) is 21.4. The Morgan fingerprint density at radius 3 is 2.69 bits per heavy atom. The summed E-state index contributed by atoms with van der Waals surface area (Å²) in [7, 11) is 0. The Labute approximate surface area is 71.3 Å². The lowest BCUT2D eigenvalue weighted by Crippen LogP contribution is -2.30. The zero-order valence-electron chi connectivity index (χ0n) is 6.48. The van der Waals surface area contributed by atoms with E-state index in [4.69, 9.17) is 17.3 Å². The summed E-state index contributed by atoms with van der Waals surface area (Å²) < 4.78 is 0.722. The molecule has 0 radical (unpaired) electrons. The quantitative estimate of drug-likeness (QED) is 0.346. The molecule has 0 bridgehead atoms. The largest absolute Gasteiger partial charge is 0.369 e. The van der Waals surface area contributed by atoms with E-state index in [0.717, 1.165) is 4.68 Å². The zero-order valence-corrected chi connectivity index (χ0v) is 6.48. The molecule has 0 unspecified atom stereocenters. The molecular weight excluding hydrogens is 174 g/mol. The number of aromatic nitrogens is 4. The van der Waals surface area contributed by atoms with Crippen LogP contribution in [0.3, 0.4) is 0 Å². The summed E-state index contributed by atoms with van der Waals surface area (Å²) in [6.07, 6.45) is 0. The van der Waals surface area contributed by atoms with Crippen LogP contribution in [0.5, 0.6) is 0 Å². The number of rotatable bonds is 0. The van der Waals surface area contributed by atoms with Gasteiger partial charge in [-0.15, -0.1) is 0 Å². The topological polar surface area (TPSA) is 142 Å². The Hall–Kier alpha value is -2.25. The second kappa shape index (κ2) is 2.12. The molecule has 0 aliphatic carbocycles. The van der Waals surface area contributed by atoms with Gasteiger partial charge in [-0.1, -0.05) is 0 Å². The summed E-state index contributed by atoms with van der Waals surface area (Å²) in [5.74, 6) is 5.28. The fraction of sp³-hybridized carbons (Fsp3) is 0. The smallest absolute Gasteiger partial charge is 0.299 e. The van der Waals surface area contributed by atoms with Crippen LogP contribution >= 0.6 is 0 Å². The van der Waals surface area contributed by atoms with Gasteiger partial charge < -0.3 is 22.3 Å². The van der Waals surface area contributed by atoms with Crippen molar-refractivity contribution < 1.29 is 0 Å². The van der Waals surface area contributed by atoms with Crippen LogP contribution in [0.1, 0.15) is 0 Å². The molecule has 0 saturated carbocycles. The number of nitrogens with zero attached hydrogens (tertiary/aromatic N) is 3. The number of nitrogens with two attached hydrogens (primary N) is 3. The molecule has 0 saturated heterocycles. The second-order valence-corrected chi connectivity index (χ2v) is 2.47. The van der Waals surface area contributed by atoms with Gasteiger partial charge >= 0.3 is 0 Å². The van der Waals surface area contributed by atoms with Crippen molar-refractivity contribution in [1.29, 1.82) is 0 Å². The zero-order chi connectivity index (χ0) is 9.59. The van der Waals surface area contributed by atoms with Crippen molar-refractivity contribution in [2.75, 3.05) is 17.3 Å². The van der Waals surface area contributed by atoms with Crippen molar-refractivity contribution >= 4 is 23.1 Å². The van der Waals surface area contributed by atoms with Gasteiger partial charge in [-0.3, -0.25) is 4.79 Å². The molecule has 0 spiro atoms. The van der Waals surface area contributed by atoms with Crippen molar-refractivity contribution in [2.24, 2.45) is 0 Å². The Morgan fingerprint density at radius 2 is 2.00 bits per heavy atom. The molecular formula is C5H7N7O. The van der Waals surface area contributed by atoms with Crippen LogP contribution in [0.15, 0.2) is 4.79 Å². The van der Waals surface area contributed by atoms with Crippen LogP contribution in [-0.4, -0.2) is 19.6 Å². The predicted molar refractivity (Wildman–Crippen MR) is 47.1 cm³/mol. The minimum absolute atomic E-state index is 0.102. The molecule has 0 aromatic carbocycles. The SMILES string of the molecule is Nc1nc2nc(N)n(N)c(=O)c2[nH]1. The number of fused-ring (bicyclic) bond motifs is 1. The highest BCUT2D eigenvalue weighted by Gasteiger charge is 2.09. The van der Waals surface area contributed by atoms with E-state index < -0.39 is 5.56 Å². The van der Waals surface area contributed by atoms with E-state index in [-0.39, 0.29) is 23.1 Å². The number of nitrogens with one attached hydrogen (secondary N) is 1. The Morgan fingerprint density at radius 1 is 1.31 bits per heavy atom. The van der Waals surface area contributed by atoms with Crippen LogP contribution in [0, 0.1) is 0 Å². The van der Waals surface area contributed by atoms with Gasteiger partial charge in [-0.05, 0) is 0 Å². The second-order valence-electron chi connectivity index (χ2n) is 2.47. The first-order valence-electron chi connectivity index (χ1n) is 3.38. The molecule has 2 rings (SSSR count). The van der Waals surface area contributed by atoms with Crippen LogP contribution < -0.4 is 22.9 Å². The Balaban J connectivity index is 3.01. The molecule has 13 heavy (non-hydrogen) atoms. The minimum Gasteiger partial charge on any atom is -0.369 e. The van der Waals surface area contributed by atoms with E-state index in [0.29, 0.717) is 0 Å². The molecule has 8 heteroatoms. The maximum atomic E-state index is 11.4. The molecule has 2 aromatic rings. The maximum Gasteiger partial charge on any atom is 0.299 e. The third-order valence-electron chi connectivity index (χ3n) is 1.60. The number of imidazole rings is 1. The molecule has 0 fully saturated rings.